The van der Waals surface area contributed by atoms with Crippen LogP contribution in [0.5, 0.6) is 0 Å². The van der Waals surface area contributed by atoms with Gasteiger partial charge in [-0.1, -0.05) is 13.0 Å². The van der Waals surface area contributed by atoms with Gasteiger partial charge in [-0.2, -0.15) is 5.10 Å². The third kappa shape index (κ3) is 3.14. The van der Waals surface area contributed by atoms with Gasteiger partial charge in [0.25, 0.3) is 5.91 Å². The van der Waals surface area contributed by atoms with Gasteiger partial charge in [-0.15, -0.1) is 0 Å². The van der Waals surface area contributed by atoms with Crippen LogP contribution >= 0.6 is 0 Å². The zero-order valence-corrected chi connectivity index (χ0v) is 12.5. The van der Waals surface area contributed by atoms with E-state index < -0.39 is 0 Å². The van der Waals surface area contributed by atoms with Crippen molar-refractivity contribution in [2.75, 3.05) is 19.7 Å². The number of carbonyl (C=O) groups excluding carboxylic acids is 1. The Morgan fingerprint density at radius 3 is 3.18 bits per heavy atom. The van der Waals surface area contributed by atoms with Crippen molar-refractivity contribution in [2.45, 2.75) is 25.9 Å². The lowest BCUT2D eigenvalue weighted by molar-refractivity contribution is -0.0268. The number of aryl methyl sites for hydroxylation is 1. The lowest BCUT2D eigenvalue weighted by Crippen LogP contribution is -2.42. The van der Waals surface area contributed by atoms with Crippen LogP contribution in [0.1, 0.15) is 41.6 Å². The number of nitrogens with one attached hydrogen (secondary N) is 1. The maximum Gasteiger partial charge on any atom is 0.272 e. The van der Waals surface area contributed by atoms with Crippen molar-refractivity contribution in [1.29, 1.82) is 0 Å². The molecule has 2 aromatic heterocycles. The molecular weight excluding hydrogens is 282 g/mol. The first kappa shape index (κ1) is 14.6. The van der Waals surface area contributed by atoms with E-state index in [0.717, 1.165) is 18.7 Å². The highest BCUT2D eigenvalue weighted by Gasteiger charge is 2.29. The molecule has 0 bridgehead atoms. The van der Waals surface area contributed by atoms with Crippen molar-refractivity contribution in [3.63, 3.8) is 0 Å². The summed E-state index contributed by atoms with van der Waals surface area (Å²) in [7, 11) is 0. The maximum absolute atomic E-state index is 12.4. The second-order valence-electron chi connectivity index (χ2n) is 5.22. The zero-order valence-electron chi connectivity index (χ0n) is 12.5. The first-order valence-electron chi connectivity index (χ1n) is 7.51. The van der Waals surface area contributed by atoms with Gasteiger partial charge in [0, 0.05) is 19.2 Å². The molecule has 7 nitrogen and oxygen atoms in total. The molecule has 2 aromatic rings. The average Bonchev–Trinajstić information content (AvgIpc) is 3.04. The monoisotopic (exact) mass is 301 g/mol. The average molecular weight is 301 g/mol. The fourth-order valence-corrected chi connectivity index (χ4v) is 2.44. The van der Waals surface area contributed by atoms with E-state index in [4.69, 9.17) is 4.74 Å². The van der Waals surface area contributed by atoms with Gasteiger partial charge in [-0.25, -0.2) is 4.98 Å². The Bertz CT molecular complexity index is 628. The number of aromatic nitrogens is 4. The Morgan fingerprint density at radius 1 is 1.50 bits per heavy atom. The molecule has 7 heteroatoms. The molecule has 0 unspecified atom stereocenters. The number of H-pyrrole nitrogens is 1. The molecule has 0 aromatic carbocycles. The normalized spacial score (nSPS) is 18.4. The molecule has 116 valence electrons. The molecule has 1 N–H and O–H groups in total. The summed E-state index contributed by atoms with van der Waals surface area (Å²) >= 11 is 0. The molecule has 22 heavy (non-hydrogen) atoms. The summed E-state index contributed by atoms with van der Waals surface area (Å²) < 4.78 is 5.71. The fraction of sp³-hybridized carbons (Fsp3) is 0.467. The predicted octanol–water partition coefficient (Wildman–Crippen LogP) is 1.37. The minimum absolute atomic E-state index is 0.0850. The van der Waals surface area contributed by atoms with Crippen molar-refractivity contribution < 1.29 is 9.53 Å². The summed E-state index contributed by atoms with van der Waals surface area (Å²) in [6.45, 7) is 3.56. The number of ether oxygens (including phenoxy) is 1. The molecule has 0 spiro atoms. The van der Waals surface area contributed by atoms with E-state index in [1.54, 1.807) is 23.2 Å². The summed E-state index contributed by atoms with van der Waals surface area (Å²) in [5, 5.41) is 7.13. The van der Waals surface area contributed by atoms with Crippen molar-refractivity contribution in [1.82, 2.24) is 25.1 Å². The van der Waals surface area contributed by atoms with E-state index in [2.05, 4.69) is 27.1 Å². The molecule has 0 saturated carbocycles. The minimum atomic E-state index is -0.289. The van der Waals surface area contributed by atoms with Crippen molar-refractivity contribution in [3.8, 4) is 0 Å². The minimum Gasteiger partial charge on any atom is -0.366 e. The Balaban J connectivity index is 1.69. The number of rotatable bonds is 4. The smallest absolute Gasteiger partial charge is 0.272 e. The van der Waals surface area contributed by atoms with Crippen LogP contribution in [0.3, 0.4) is 0 Å². The molecule has 1 amide bonds. The quantitative estimate of drug-likeness (QED) is 0.922. The van der Waals surface area contributed by atoms with Gasteiger partial charge in [0.1, 0.15) is 17.6 Å². The van der Waals surface area contributed by atoms with Crippen LogP contribution in [0.15, 0.2) is 24.4 Å². The van der Waals surface area contributed by atoms with E-state index in [9.17, 15) is 4.79 Å². The topological polar surface area (TPSA) is 84.0 Å². The summed E-state index contributed by atoms with van der Waals surface area (Å²) in [6.07, 6.45) is 3.20. The number of pyridine rings is 1. The molecule has 1 saturated heterocycles. The number of hydrogen-bond acceptors (Lipinski definition) is 5. The lowest BCUT2D eigenvalue weighted by atomic mass is 10.2. The van der Waals surface area contributed by atoms with E-state index >= 15 is 0 Å². The van der Waals surface area contributed by atoms with E-state index in [1.807, 2.05) is 6.07 Å². The van der Waals surface area contributed by atoms with Crippen LogP contribution in [0.2, 0.25) is 0 Å². The van der Waals surface area contributed by atoms with Gasteiger partial charge in [-0.05, 0) is 18.6 Å². The van der Waals surface area contributed by atoms with Crippen LogP contribution < -0.4 is 0 Å². The third-order valence-electron chi connectivity index (χ3n) is 3.56. The Labute approximate surface area is 128 Å². The number of carbonyl (C=O) groups is 1. The van der Waals surface area contributed by atoms with Gasteiger partial charge >= 0.3 is 0 Å². The predicted molar refractivity (Wildman–Crippen MR) is 79.2 cm³/mol. The first-order valence-corrected chi connectivity index (χ1v) is 7.51. The number of hydrogen-bond donors (Lipinski definition) is 1. The van der Waals surface area contributed by atoms with Gasteiger partial charge in [0.15, 0.2) is 5.82 Å². The molecule has 0 radical (unpaired) electrons. The van der Waals surface area contributed by atoms with E-state index in [1.165, 1.54) is 0 Å². The largest absolute Gasteiger partial charge is 0.366 e. The van der Waals surface area contributed by atoms with Crippen LogP contribution in [0, 0.1) is 0 Å². The maximum atomic E-state index is 12.4. The molecule has 1 atom stereocenters. The van der Waals surface area contributed by atoms with Gasteiger partial charge in [0.2, 0.25) is 0 Å². The van der Waals surface area contributed by atoms with Crippen LogP contribution in [-0.2, 0) is 11.2 Å². The van der Waals surface area contributed by atoms with Gasteiger partial charge in [-0.3, -0.25) is 14.9 Å². The number of amides is 1. The first-order chi connectivity index (χ1) is 10.8. The second-order valence-corrected chi connectivity index (χ2v) is 5.22. The van der Waals surface area contributed by atoms with Crippen molar-refractivity contribution in [2.24, 2.45) is 0 Å². The van der Waals surface area contributed by atoms with Crippen molar-refractivity contribution in [3.05, 3.63) is 41.7 Å². The number of aromatic amines is 1. The Morgan fingerprint density at radius 2 is 2.41 bits per heavy atom. The second kappa shape index (κ2) is 6.65. The Hall–Kier alpha value is -2.28. The highest BCUT2D eigenvalue weighted by atomic mass is 16.5. The SMILES string of the molecule is CCCc1nc([C@H]2CN(C(=O)c3ccccn3)CCO2)n[nH]1. The summed E-state index contributed by atoms with van der Waals surface area (Å²) in [6, 6.07) is 5.32. The van der Waals surface area contributed by atoms with E-state index in [-0.39, 0.29) is 12.0 Å². The lowest BCUT2D eigenvalue weighted by Gasteiger charge is -2.31. The molecule has 1 fully saturated rings. The number of nitrogens with zero attached hydrogens (tertiary/aromatic N) is 4. The molecule has 3 rings (SSSR count). The number of morpholine rings is 1. The summed E-state index contributed by atoms with van der Waals surface area (Å²) in [5.74, 6) is 1.38. The van der Waals surface area contributed by atoms with Crippen LogP contribution in [-0.4, -0.2) is 50.7 Å². The fourth-order valence-electron chi connectivity index (χ4n) is 2.44. The molecule has 1 aliphatic heterocycles. The molecule has 0 aliphatic carbocycles. The highest BCUT2D eigenvalue weighted by molar-refractivity contribution is 5.92. The molecule has 3 heterocycles. The summed E-state index contributed by atoms with van der Waals surface area (Å²) in [4.78, 5) is 22.7. The molecular formula is C15H19N5O2. The van der Waals surface area contributed by atoms with Crippen molar-refractivity contribution >= 4 is 5.91 Å². The zero-order chi connectivity index (χ0) is 15.4. The summed E-state index contributed by atoms with van der Waals surface area (Å²) in [5.41, 5.74) is 0.449. The third-order valence-corrected chi connectivity index (χ3v) is 3.56. The molecule has 1 aliphatic rings. The van der Waals surface area contributed by atoms with Crippen LogP contribution in [0.25, 0.3) is 0 Å². The highest BCUT2D eigenvalue weighted by Crippen LogP contribution is 2.20. The van der Waals surface area contributed by atoms with E-state index in [0.29, 0.717) is 31.2 Å². The standard InChI is InChI=1S/C15H19N5O2/c1-2-5-13-17-14(19-18-13)12-10-20(8-9-22-12)15(21)11-6-3-4-7-16-11/h3-4,6-7,12H,2,5,8-10H2,1H3,(H,17,18,19)/t12-/m1/s1. The van der Waals surface area contributed by atoms with Crippen LogP contribution in [0.4, 0.5) is 0 Å². The Kier molecular flexibility index (Phi) is 4.43. The van der Waals surface area contributed by atoms with Gasteiger partial charge < -0.3 is 9.64 Å². The van der Waals surface area contributed by atoms with Gasteiger partial charge in [0.05, 0.1) is 13.2 Å².